The third-order valence-corrected chi connectivity index (χ3v) is 3.55. The first-order chi connectivity index (χ1) is 9.81. The van der Waals surface area contributed by atoms with Gasteiger partial charge in [-0.15, -0.1) is 0 Å². The molecule has 0 atom stereocenters. The summed E-state index contributed by atoms with van der Waals surface area (Å²) < 4.78 is 35.8. The molecule has 0 unspecified atom stereocenters. The Morgan fingerprint density at radius 2 is 1.81 bits per heavy atom. The third-order valence-electron chi connectivity index (χ3n) is 3.55. The maximum absolute atomic E-state index is 11.9. The van der Waals surface area contributed by atoms with E-state index in [-0.39, 0.29) is 6.54 Å². The number of likely N-dealkylation sites (N-methyl/N-ethyl adjacent to an activating group) is 1. The van der Waals surface area contributed by atoms with E-state index in [4.69, 9.17) is 0 Å². The van der Waals surface area contributed by atoms with Crippen LogP contribution in [0.1, 0.15) is 39.0 Å². The Kier molecular flexibility index (Phi) is 6.94. The van der Waals surface area contributed by atoms with E-state index in [9.17, 15) is 22.8 Å². The number of hydrogen-bond acceptors (Lipinski definition) is 3. The average Bonchev–Trinajstić information content (AvgIpc) is 2.43. The highest BCUT2D eigenvalue weighted by molar-refractivity contribution is 5.95. The van der Waals surface area contributed by atoms with E-state index >= 15 is 0 Å². The van der Waals surface area contributed by atoms with Crippen LogP contribution in [0.25, 0.3) is 0 Å². The van der Waals surface area contributed by atoms with Crippen molar-refractivity contribution in [3.8, 4) is 0 Å². The molecule has 0 aromatic carbocycles. The number of urea groups is 1. The first-order valence-corrected chi connectivity index (χ1v) is 7.20. The summed E-state index contributed by atoms with van der Waals surface area (Å²) in [4.78, 5) is 24.8. The fraction of sp³-hybridized carbons (Fsp3) is 0.846. The van der Waals surface area contributed by atoms with Crippen LogP contribution >= 0.6 is 0 Å². The summed E-state index contributed by atoms with van der Waals surface area (Å²) in [5.74, 6) is -0.581. The molecule has 21 heavy (non-hydrogen) atoms. The number of nitrogens with zero attached hydrogens (tertiary/aromatic N) is 1. The number of rotatable bonds is 5. The first-order valence-electron chi connectivity index (χ1n) is 7.20. The number of carbonyl (C=O) groups is 2. The Morgan fingerprint density at radius 3 is 2.33 bits per heavy atom. The van der Waals surface area contributed by atoms with E-state index in [1.54, 1.807) is 5.32 Å². The van der Waals surface area contributed by atoms with E-state index in [1.807, 2.05) is 17.1 Å². The Bertz CT molecular complexity index is 355. The Balaban J connectivity index is 2.35. The van der Waals surface area contributed by atoms with Crippen molar-refractivity contribution in [2.24, 2.45) is 0 Å². The average molecular weight is 309 g/mol. The van der Waals surface area contributed by atoms with Gasteiger partial charge in [-0.1, -0.05) is 26.2 Å². The van der Waals surface area contributed by atoms with Crippen LogP contribution < -0.4 is 10.6 Å². The SMILES string of the molecule is CCN(CC(=O)NC(=O)NCC(F)(F)F)C1CCCCC1. The molecule has 0 aromatic heterocycles. The molecule has 2 N–H and O–H groups in total. The van der Waals surface area contributed by atoms with Gasteiger partial charge < -0.3 is 5.32 Å². The van der Waals surface area contributed by atoms with Gasteiger partial charge in [0.1, 0.15) is 6.54 Å². The van der Waals surface area contributed by atoms with E-state index in [0.717, 1.165) is 25.7 Å². The van der Waals surface area contributed by atoms with Crippen LogP contribution in [0, 0.1) is 0 Å². The van der Waals surface area contributed by atoms with Gasteiger partial charge in [0.2, 0.25) is 5.91 Å². The minimum Gasteiger partial charge on any atom is -0.329 e. The molecule has 0 heterocycles. The van der Waals surface area contributed by atoms with E-state index < -0.39 is 24.7 Å². The largest absolute Gasteiger partial charge is 0.405 e. The molecule has 0 spiro atoms. The monoisotopic (exact) mass is 309 g/mol. The first kappa shape index (κ1) is 17.7. The van der Waals surface area contributed by atoms with E-state index in [1.165, 1.54) is 6.42 Å². The Morgan fingerprint density at radius 1 is 1.19 bits per heavy atom. The number of halogens is 3. The van der Waals surface area contributed by atoms with Gasteiger partial charge in [-0.05, 0) is 19.4 Å². The van der Waals surface area contributed by atoms with Gasteiger partial charge in [-0.25, -0.2) is 4.79 Å². The summed E-state index contributed by atoms with van der Waals surface area (Å²) in [5.41, 5.74) is 0. The number of amides is 3. The maximum atomic E-state index is 11.9. The van der Waals surface area contributed by atoms with Crippen molar-refractivity contribution < 1.29 is 22.8 Å². The molecular weight excluding hydrogens is 287 g/mol. The molecule has 0 saturated heterocycles. The van der Waals surface area contributed by atoms with Gasteiger partial charge in [-0.3, -0.25) is 15.0 Å². The zero-order valence-electron chi connectivity index (χ0n) is 12.1. The third kappa shape index (κ3) is 7.31. The second-order valence-electron chi connectivity index (χ2n) is 5.20. The standard InChI is InChI=1S/C13H22F3N3O2/c1-2-19(10-6-4-3-5-7-10)8-11(20)18-12(21)17-9-13(14,15)16/h10H,2-9H2,1H3,(H2,17,18,20,21). The summed E-state index contributed by atoms with van der Waals surface area (Å²) >= 11 is 0. The summed E-state index contributed by atoms with van der Waals surface area (Å²) in [6.07, 6.45) is 0.977. The molecule has 1 saturated carbocycles. The van der Waals surface area contributed by atoms with Gasteiger partial charge >= 0.3 is 12.2 Å². The van der Waals surface area contributed by atoms with E-state index in [0.29, 0.717) is 12.6 Å². The van der Waals surface area contributed by atoms with Gasteiger partial charge in [0.25, 0.3) is 0 Å². The Labute approximate surface area is 122 Å². The zero-order chi connectivity index (χ0) is 15.9. The summed E-state index contributed by atoms with van der Waals surface area (Å²) in [7, 11) is 0. The van der Waals surface area contributed by atoms with E-state index in [2.05, 4.69) is 0 Å². The minimum atomic E-state index is -4.49. The van der Waals surface area contributed by atoms with Crippen LogP contribution in [0.15, 0.2) is 0 Å². The highest BCUT2D eigenvalue weighted by Crippen LogP contribution is 2.22. The molecule has 0 aliphatic heterocycles. The fourth-order valence-corrected chi connectivity index (χ4v) is 2.52. The predicted octanol–water partition coefficient (Wildman–Crippen LogP) is 2.03. The molecule has 1 aliphatic carbocycles. The van der Waals surface area contributed by atoms with Crippen molar-refractivity contribution in [3.05, 3.63) is 0 Å². The topological polar surface area (TPSA) is 61.4 Å². The molecule has 1 aliphatic rings. The summed E-state index contributed by atoms with van der Waals surface area (Å²) in [6, 6.07) is -0.801. The fourth-order valence-electron chi connectivity index (χ4n) is 2.52. The molecule has 0 radical (unpaired) electrons. The van der Waals surface area contributed by atoms with Gasteiger partial charge in [0, 0.05) is 6.04 Å². The van der Waals surface area contributed by atoms with Crippen LogP contribution in [0.4, 0.5) is 18.0 Å². The lowest BCUT2D eigenvalue weighted by atomic mass is 9.94. The van der Waals surface area contributed by atoms with Crippen molar-refractivity contribution in [1.82, 2.24) is 15.5 Å². The van der Waals surface area contributed by atoms with Crippen molar-refractivity contribution in [2.75, 3.05) is 19.6 Å². The predicted molar refractivity (Wildman–Crippen MR) is 71.7 cm³/mol. The number of imide groups is 1. The lowest BCUT2D eigenvalue weighted by Crippen LogP contribution is -2.48. The van der Waals surface area contributed by atoms with Gasteiger partial charge in [0.15, 0.2) is 0 Å². The maximum Gasteiger partial charge on any atom is 0.405 e. The van der Waals surface area contributed by atoms with Crippen LogP contribution in [0.3, 0.4) is 0 Å². The lowest BCUT2D eigenvalue weighted by molar-refractivity contribution is -0.125. The molecule has 1 fully saturated rings. The number of carbonyl (C=O) groups excluding carboxylic acids is 2. The van der Waals surface area contributed by atoms with Crippen LogP contribution in [-0.2, 0) is 4.79 Å². The number of hydrogen-bond donors (Lipinski definition) is 2. The van der Waals surface area contributed by atoms with Gasteiger partial charge in [0.05, 0.1) is 6.54 Å². The lowest BCUT2D eigenvalue weighted by Gasteiger charge is -2.32. The summed E-state index contributed by atoms with van der Waals surface area (Å²) in [5, 5.41) is 3.54. The van der Waals surface area contributed by atoms with Crippen LogP contribution in [0.5, 0.6) is 0 Å². The second kappa shape index (κ2) is 8.21. The highest BCUT2D eigenvalue weighted by atomic mass is 19.4. The van der Waals surface area contributed by atoms with Crippen molar-refractivity contribution in [1.29, 1.82) is 0 Å². The molecule has 5 nitrogen and oxygen atoms in total. The van der Waals surface area contributed by atoms with Crippen molar-refractivity contribution in [2.45, 2.75) is 51.2 Å². The molecule has 0 aromatic rings. The van der Waals surface area contributed by atoms with Crippen LogP contribution in [0.2, 0.25) is 0 Å². The van der Waals surface area contributed by atoms with Crippen molar-refractivity contribution in [3.63, 3.8) is 0 Å². The number of nitrogens with one attached hydrogen (secondary N) is 2. The van der Waals surface area contributed by atoms with Crippen LogP contribution in [-0.4, -0.2) is 48.7 Å². The second-order valence-corrected chi connectivity index (χ2v) is 5.20. The molecule has 8 heteroatoms. The molecule has 1 rings (SSSR count). The minimum absolute atomic E-state index is 0.0284. The zero-order valence-corrected chi connectivity index (χ0v) is 12.1. The quantitative estimate of drug-likeness (QED) is 0.817. The molecule has 3 amide bonds. The molecule has 0 bridgehead atoms. The highest BCUT2D eigenvalue weighted by Gasteiger charge is 2.28. The summed E-state index contributed by atoms with van der Waals surface area (Å²) in [6.45, 7) is 1.17. The number of alkyl halides is 3. The Hall–Kier alpha value is -1.31. The van der Waals surface area contributed by atoms with Crippen molar-refractivity contribution >= 4 is 11.9 Å². The molecule has 122 valence electrons. The smallest absolute Gasteiger partial charge is 0.329 e. The van der Waals surface area contributed by atoms with Gasteiger partial charge in [-0.2, -0.15) is 13.2 Å². The molecular formula is C13H22F3N3O2. The normalized spacial score (nSPS) is 16.8.